The summed E-state index contributed by atoms with van der Waals surface area (Å²) in [5.74, 6) is 2.26. The molecule has 0 saturated heterocycles. The third-order valence-electron chi connectivity index (χ3n) is 4.96. The fraction of sp³-hybridized carbons (Fsp3) is 0.733. The van der Waals surface area contributed by atoms with Crippen LogP contribution < -0.4 is 5.32 Å². The number of rotatable bonds is 4. The van der Waals surface area contributed by atoms with E-state index in [4.69, 9.17) is 4.74 Å². The minimum absolute atomic E-state index is 0.348. The number of esters is 1. The number of thiazole rings is 1. The van der Waals surface area contributed by atoms with Crippen LogP contribution in [0.4, 0.5) is 5.13 Å². The number of hydrogen-bond acceptors (Lipinski definition) is 5. The number of methoxy groups -OCH3 is 1. The molecule has 1 aromatic heterocycles. The SMILES string of the molecule is COC(=O)c1nc(NC(C)C2CC3CCC2C3)sc1C. The van der Waals surface area contributed by atoms with Crippen molar-refractivity contribution in [2.75, 3.05) is 12.4 Å². The second-order valence-corrected chi connectivity index (χ2v) is 7.39. The summed E-state index contributed by atoms with van der Waals surface area (Å²) < 4.78 is 4.75. The van der Waals surface area contributed by atoms with E-state index in [1.165, 1.54) is 32.8 Å². The van der Waals surface area contributed by atoms with Crippen LogP contribution in [-0.4, -0.2) is 24.1 Å². The van der Waals surface area contributed by atoms with Crippen molar-refractivity contribution in [1.29, 1.82) is 0 Å². The molecule has 2 fully saturated rings. The Morgan fingerprint density at radius 1 is 1.45 bits per heavy atom. The molecule has 2 aliphatic carbocycles. The molecule has 1 N–H and O–H groups in total. The van der Waals surface area contributed by atoms with Gasteiger partial charge in [-0.15, -0.1) is 11.3 Å². The maximum atomic E-state index is 11.6. The van der Waals surface area contributed by atoms with Crippen molar-refractivity contribution in [3.8, 4) is 0 Å². The van der Waals surface area contributed by atoms with Crippen LogP contribution in [0, 0.1) is 24.7 Å². The quantitative estimate of drug-likeness (QED) is 0.864. The summed E-state index contributed by atoms with van der Waals surface area (Å²) in [6, 6.07) is 0.432. The summed E-state index contributed by atoms with van der Waals surface area (Å²) in [6.07, 6.45) is 5.59. The average Bonchev–Trinajstić information content (AvgIpc) is 3.13. The molecule has 4 atom stereocenters. The van der Waals surface area contributed by atoms with Crippen molar-refractivity contribution in [3.05, 3.63) is 10.6 Å². The van der Waals surface area contributed by atoms with Gasteiger partial charge in [-0.05, 0) is 50.9 Å². The van der Waals surface area contributed by atoms with E-state index < -0.39 is 0 Å². The van der Waals surface area contributed by atoms with E-state index in [2.05, 4.69) is 17.2 Å². The standard InChI is InChI=1S/C15H22N2O2S/c1-8(12-7-10-4-5-11(12)6-10)16-15-17-13(9(2)20-15)14(18)19-3/h8,10-12H,4-7H2,1-3H3,(H,16,17). The largest absolute Gasteiger partial charge is 0.464 e. The van der Waals surface area contributed by atoms with Gasteiger partial charge in [0.05, 0.1) is 7.11 Å². The Bertz CT molecular complexity index is 514. The zero-order chi connectivity index (χ0) is 14.3. The molecule has 0 spiro atoms. The van der Waals surface area contributed by atoms with Crippen molar-refractivity contribution in [1.82, 2.24) is 4.98 Å². The average molecular weight is 294 g/mol. The van der Waals surface area contributed by atoms with Crippen LogP contribution in [0.2, 0.25) is 0 Å². The molecular weight excluding hydrogens is 272 g/mol. The smallest absolute Gasteiger partial charge is 0.357 e. The van der Waals surface area contributed by atoms with Crippen molar-refractivity contribution < 1.29 is 9.53 Å². The zero-order valence-electron chi connectivity index (χ0n) is 12.3. The van der Waals surface area contributed by atoms with Crippen LogP contribution in [-0.2, 0) is 4.74 Å². The first-order chi connectivity index (χ1) is 9.58. The van der Waals surface area contributed by atoms with Crippen molar-refractivity contribution >= 4 is 22.4 Å². The van der Waals surface area contributed by atoms with Crippen molar-refractivity contribution in [2.24, 2.45) is 17.8 Å². The highest BCUT2D eigenvalue weighted by molar-refractivity contribution is 7.15. The van der Waals surface area contributed by atoms with Gasteiger partial charge in [-0.2, -0.15) is 0 Å². The van der Waals surface area contributed by atoms with E-state index in [0.29, 0.717) is 11.7 Å². The summed E-state index contributed by atoms with van der Waals surface area (Å²) in [4.78, 5) is 16.9. The van der Waals surface area contributed by atoms with Gasteiger partial charge in [0.1, 0.15) is 0 Å². The Labute approximate surface area is 123 Å². The summed E-state index contributed by atoms with van der Waals surface area (Å²) in [7, 11) is 1.39. The molecule has 110 valence electrons. The monoisotopic (exact) mass is 294 g/mol. The highest BCUT2D eigenvalue weighted by atomic mass is 32.1. The van der Waals surface area contributed by atoms with Gasteiger partial charge in [0.25, 0.3) is 0 Å². The van der Waals surface area contributed by atoms with Crippen molar-refractivity contribution in [3.63, 3.8) is 0 Å². The predicted molar refractivity (Wildman–Crippen MR) is 80.2 cm³/mol. The maximum absolute atomic E-state index is 11.6. The molecule has 0 amide bonds. The van der Waals surface area contributed by atoms with Gasteiger partial charge < -0.3 is 10.1 Å². The molecule has 0 radical (unpaired) electrons. The fourth-order valence-corrected chi connectivity index (χ4v) is 4.85. The van der Waals surface area contributed by atoms with Gasteiger partial charge >= 0.3 is 5.97 Å². The predicted octanol–water partition coefficient (Wildman–Crippen LogP) is 3.47. The number of hydrogen-bond donors (Lipinski definition) is 1. The first kappa shape index (κ1) is 13.9. The molecule has 1 heterocycles. The van der Waals surface area contributed by atoms with Crippen LogP contribution >= 0.6 is 11.3 Å². The second kappa shape index (κ2) is 5.35. The van der Waals surface area contributed by atoms with Gasteiger partial charge in [0.2, 0.25) is 0 Å². The Balaban J connectivity index is 1.67. The molecular formula is C15H22N2O2S. The minimum atomic E-state index is -0.348. The Hall–Kier alpha value is -1.10. The number of aromatic nitrogens is 1. The van der Waals surface area contributed by atoms with Crippen LogP contribution in [0.3, 0.4) is 0 Å². The van der Waals surface area contributed by atoms with E-state index >= 15 is 0 Å². The molecule has 2 bridgehead atoms. The Morgan fingerprint density at radius 2 is 2.25 bits per heavy atom. The molecule has 5 heteroatoms. The van der Waals surface area contributed by atoms with Gasteiger partial charge in [-0.25, -0.2) is 9.78 Å². The normalized spacial score (nSPS) is 29.4. The van der Waals surface area contributed by atoms with Gasteiger partial charge in [0.15, 0.2) is 10.8 Å². The number of fused-ring (bicyclic) bond motifs is 2. The molecule has 2 saturated carbocycles. The first-order valence-electron chi connectivity index (χ1n) is 7.40. The van der Waals surface area contributed by atoms with Crippen LogP contribution in [0.15, 0.2) is 0 Å². The summed E-state index contributed by atoms with van der Waals surface area (Å²) in [5, 5.41) is 4.35. The number of anilines is 1. The number of carbonyl (C=O) groups excluding carboxylic acids is 1. The molecule has 0 aromatic carbocycles. The lowest BCUT2D eigenvalue weighted by molar-refractivity contribution is 0.0594. The third-order valence-corrected chi connectivity index (χ3v) is 5.86. The lowest BCUT2D eigenvalue weighted by Crippen LogP contribution is -2.29. The lowest BCUT2D eigenvalue weighted by atomic mass is 9.84. The molecule has 4 unspecified atom stereocenters. The summed E-state index contributed by atoms with van der Waals surface area (Å²) in [5.41, 5.74) is 0.445. The van der Waals surface area contributed by atoms with E-state index in [-0.39, 0.29) is 5.97 Å². The third kappa shape index (κ3) is 2.43. The minimum Gasteiger partial charge on any atom is -0.464 e. The highest BCUT2D eigenvalue weighted by Gasteiger charge is 2.41. The van der Waals surface area contributed by atoms with Gasteiger partial charge in [-0.3, -0.25) is 0 Å². The number of nitrogens with one attached hydrogen (secondary N) is 1. The Kier molecular flexibility index (Phi) is 3.71. The fourth-order valence-electron chi connectivity index (χ4n) is 3.95. The van der Waals surface area contributed by atoms with E-state index in [9.17, 15) is 4.79 Å². The van der Waals surface area contributed by atoms with Crippen molar-refractivity contribution in [2.45, 2.75) is 45.6 Å². The molecule has 4 nitrogen and oxygen atoms in total. The second-order valence-electron chi connectivity index (χ2n) is 6.19. The van der Waals surface area contributed by atoms with Crippen LogP contribution in [0.25, 0.3) is 0 Å². The zero-order valence-corrected chi connectivity index (χ0v) is 13.1. The van der Waals surface area contributed by atoms with Crippen LogP contribution in [0.5, 0.6) is 0 Å². The lowest BCUT2D eigenvalue weighted by Gasteiger charge is -2.28. The molecule has 1 aromatic rings. The number of nitrogens with zero attached hydrogens (tertiary/aromatic N) is 1. The highest BCUT2D eigenvalue weighted by Crippen LogP contribution is 2.49. The van der Waals surface area contributed by atoms with Gasteiger partial charge in [-0.1, -0.05) is 6.42 Å². The van der Waals surface area contributed by atoms with E-state index in [1.54, 1.807) is 11.3 Å². The van der Waals surface area contributed by atoms with E-state index in [1.807, 2.05) is 6.92 Å². The summed E-state index contributed by atoms with van der Waals surface area (Å²) >= 11 is 1.54. The van der Waals surface area contributed by atoms with E-state index in [0.717, 1.165) is 27.8 Å². The molecule has 3 rings (SSSR count). The maximum Gasteiger partial charge on any atom is 0.357 e. The van der Waals surface area contributed by atoms with Gasteiger partial charge in [0, 0.05) is 10.9 Å². The van der Waals surface area contributed by atoms with Crippen LogP contribution in [0.1, 0.15) is 48.0 Å². The molecule has 2 aliphatic rings. The first-order valence-corrected chi connectivity index (χ1v) is 8.22. The summed E-state index contributed by atoms with van der Waals surface area (Å²) in [6.45, 7) is 4.16. The topological polar surface area (TPSA) is 51.2 Å². The Morgan fingerprint density at radius 3 is 2.85 bits per heavy atom. The molecule has 20 heavy (non-hydrogen) atoms. The number of carbonyl (C=O) groups is 1. The number of aryl methyl sites for hydroxylation is 1. The molecule has 0 aliphatic heterocycles. The number of ether oxygens (including phenoxy) is 1.